The maximum Gasteiger partial charge on any atom is 0.339 e. The van der Waals surface area contributed by atoms with Gasteiger partial charge in [0.05, 0.1) is 19.3 Å². The average Bonchev–Trinajstić information content (AvgIpc) is 2.49. The Morgan fingerprint density at radius 3 is 2.50 bits per heavy atom. The monoisotopic (exact) mass is 273 g/mol. The molecule has 20 heavy (non-hydrogen) atoms. The number of hydrogen-bond donors (Lipinski definition) is 0. The second-order valence-corrected chi connectivity index (χ2v) is 3.86. The number of esters is 1. The highest BCUT2D eigenvalue weighted by Crippen LogP contribution is 2.29. The van der Waals surface area contributed by atoms with Crippen LogP contribution in [0.15, 0.2) is 42.6 Å². The van der Waals surface area contributed by atoms with E-state index in [-0.39, 0.29) is 0 Å². The van der Waals surface area contributed by atoms with E-state index in [4.69, 9.17) is 14.2 Å². The molecule has 0 N–H and O–H groups in total. The van der Waals surface area contributed by atoms with E-state index in [1.165, 1.54) is 6.20 Å². The molecule has 1 aromatic heterocycles. The third-order valence-corrected chi connectivity index (χ3v) is 2.53. The fourth-order valence-corrected chi connectivity index (χ4v) is 1.59. The van der Waals surface area contributed by atoms with E-state index < -0.39 is 5.97 Å². The third kappa shape index (κ3) is 3.26. The van der Waals surface area contributed by atoms with Gasteiger partial charge in [-0.05, 0) is 25.1 Å². The van der Waals surface area contributed by atoms with Gasteiger partial charge in [-0.25, -0.2) is 9.78 Å². The van der Waals surface area contributed by atoms with Gasteiger partial charge >= 0.3 is 5.97 Å². The SMILES string of the molecule is CCOC(=O)c1ccc(Oc2ccccc2OC)nc1. The molecule has 2 rings (SSSR count). The summed E-state index contributed by atoms with van der Waals surface area (Å²) in [5.74, 6) is 1.15. The maximum absolute atomic E-state index is 11.5. The van der Waals surface area contributed by atoms with Gasteiger partial charge in [0.2, 0.25) is 5.88 Å². The van der Waals surface area contributed by atoms with Gasteiger partial charge < -0.3 is 14.2 Å². The van der Waals surface area contributed by atoms with Crippen molar-refractivity contribution in [1.82, 2.24) is 4.98 Å². The van der Waals surface area contributed by atoms with Crippen LogP contribution in [-0.2, 0) is 4.74 Å². The molecule has 104 valence electrons. The molecule has 0 bridgehead atoms. The normalized spacial score (nSPS) is 9.90. The molecule has 0 fully saturated rings. The van der Waals surface area contributed by atoms with Gasteiger partial charge in [0.15, 0.2) is 11.5 Å². The van der Waals surface area contributed by atoms with Crippen LogP contribution in [0.25, 0.3) is 0 Å². The zero-order chi connectivity index (χ0) is 14.4. The second-order valence-electron chi connectivity index (χ2n) is 3.86. The van der Waals surface area contributed by atoms with Crippen LogP contribution in [0.3, 0.4) is 0 Å². The predicted molar refractivity (Wildman–Crippen MR) is 73.3 cm³/mol. The number of benzene rings is 1. The molecule has 5 nitrogen and oxygen atoms in total. The number of ether oxygens (including phenoxy) is 3. The van der Waals surface area contributed by atoms with Crippen LogP contribution in [-0.4, -0.2) is 24.7 Å². The quantitative estimate of drug-likeness (QED) is 0.784. The molecule has 0 aliphatic carbocycles. The Balaban J connectivity index is 2.13. The molecule has 0 atom stereocenters. The lowest BCUT2D eigenvalue weighted by atomic mass is 10.3. The van der Waals surface area contributed by atoms with Crippen LogP contribution in [0, 0.1) is 0 Å². The van der Waals surface area contributed by atoms with Gasteiger partial charge in [-0.1, -0.05) is 12.1 Å². The minimum Gasteiger partial charge on any atom is -0.493 e. The Labute approximate surface area is 117 Å². The van der Waals surface area contributed by atoms with Crippen molar-refractivity contribution in [2.75, 3.05) is 13.7 Å². The largest absolute Gasteiger partial charge is 0.493 e. The van der Waals surface area contributed by atoms with Crippen LogP contribution in [0.5, 0.6) is 17.4 Å². The molecule has 0 unspecified atom stereocenters. The highest BCUT2D eigenvalue weighted by molar-refractivity contribution is 5.89. The van der Waals surface area contributed by atoms with Gasteiger partial charge in [-0.15, -0.1) is 0 Å². The highest BCUT2D eigenvalue weighted by Gasteiger charge is 2.09. The van der Waals surface area contributed by atoms with Crippen molar-refractivity contribution in [2.24, 2.45) is 0 Å². The number of carbonyl (C=O) groups excluding carboxylic acids is 1. The number of nitrogens with zero attached hydrogens (tertiary/aromatic N) is 1. The van der Waals surface area contributed by atoms with Crippen LogP contribution >= 0.6 is 0 Å². The first-order valence-corrected chi connectivity index (χ1v) is 6.18. The number of para-hydroxylation sites is 2. The molecule has 0 saturated carbocycles. The summed E-state index contributed by atoms with van der Waals surface area (Å²) in [6.07, 6.45) is 1.42. The Hall–Kier alpha value is -2.56. The molecular weight excluding hydrogens is 258 g/mol. The third-order valence-electron chi connectivity index (χ3n) is 2.53. The lowest BCUT2D eigenvalue weighted by molar-refractivity contribution is 0.0526. The predicted octanol–water partition coefficient (Wildman–Crippen LogP) is 3.06. The van der Waals surface area contributed by atoms with Crippen molar-refractivity contribution in [3.05, 3.63) is 48.2 Å². The molecule has 5 heteroatoms. The molecular formula is C15H15NO4. The summed E-state index contributed by atoms with van der Waals surface area (Å²) in [5, 5.41) is 0. The summed E-state index contributed by atoms with van der Waals surface area (Å²) in [4.78, 5) is 15.6. The van der Waals surface area contributed by atoms with Crippen molar-refractivity contribution in [2.45, 2.75) is 6.92 Å². The maximum atomic E-state index is 11.5. The number of carbonyl (C=O) groups is 1. The summed E-state index contributed by atoms with van der Waals surface area (Å²) in [6.45, 7) is 2.09. The molecule has 0 aliphatic heterocycles. The molecule has 0 spiro atoms. The van der Waals surface area contributed by atoms with Crippen molar-refractivity contribution >= 4 is 5.97 Å². The standard InChI is InChI=1S/C15H15NO4/c1-3-19-15(17)11-8-9-14(16-10-11)20-13-7-5-4-6-12(13)18-2/h4-10H,3H2,1-2H3. The van der Waals surface area contributed by atoms with Gasteiger partial charge in [0.1, 0.15) is 0 Å². The van der Waals surface area contributed by atoms with Crippen molar-refractivity contribution in [1.29, 1.82) is 0 Å². The summed E-state index contributed by atoms with van der Waals surface area (Å²) in [5.41, 5.74) is 0.388. The number of methoxy groups -OCH3 is 1. The molecule has 1 aromatic carbocycles. The fraction of sp³-hybridized carbons (Fsp3) is 0.200. The van der Waals surface area contributed by atoms with Crippen molar-refractivity contribution in [3.63, 3.8) is 0 Å². The van der Waals surface area contributed by atoms with Crippen LogP contribution in [0.2, 0.25) is 0 Å². The van der Waals surface area contributed by atoms with E-state index in [0.717, 1.165) is 0 Å². The molecule has 0 radical (unpaired) electrons. The molecule has 0 aliphatic rings. The summed E-state index contributed by atoms with van der Waals surface area (Å²) >= 11 is 0. The van der Waals surface area contributed by atoms with Crippen molar-refractivity contribution in [3.8, 4) is 17.4 Å². The highest BCUT2D eigenvalue weighted by atomic mass is 16.5. The molecule has 2 aromatic rings. The topological polar surface area (TPSA) is 57.7 Å². The van der Waals surface area contributed by atoms with Gasteiger partial charge in [-0.3, -0.25) is 0 Å². The molecule has 0 amide bonds. The summed E-state index contributed by atoms with van der Waals surface area (Å²) in [7, 11) is 1.57. The summed E-state index contributed by atoms with van der Waals surface area (Å²) in [6, 6.07) is 10.5. The number of hydrogen-bond acceptors (Lipinski definition) is 5. The first-order valence-electron chi connectivity index (χ1n) is 6.18. The van der Waals surface area contributed by atoms with Crippen molar-refractivity contribution < 1.29 is 19.0 Å². The number of pyridine rings is 1. The van der Waals surface area contributed by atoms with Crippen LogP contribution in [0.4, 0.5) is 0 Å². The van der Waals surface area contributed by atoms with Crippen LogP contribution < -0.4 is 9.47 Å². The first-order chi connectivity index (χ1) is 9.74. The second kappa shape index (κ2) is 6.56. The van der Waals surface area contributed by atoms with E-state index in [9.17, 15) is 4.79 Å². The smallest absolute Gasteiger partial charge is 0.339 e. The fourth-order valence-electron chi connectivity index (χ4n) is 1.59. The Morgan fingerprint density at radius 1 is 1.15 bits per heavy atom. The van der Waals surface area contributed by atoms with E-state index in [1.54, 1.807) is 38.3 Å². The lowest BCUT2D eigenvalue weighted by Crippen LogP contribution is -2.05. The number of rotatable bonds is 5. The molecule has 0 saturated heterocycles. The first kappa shape index (κ1) is 13.9. The van der Waals surface area contributed by atoms with Gasteiger partial charge in [0, 0.05) is 12.3 Å². The molecule has 1 heterocycles. The van der Waals surface area contributed by atoms with E-state index in [0.29, 0.717) is 29.5 Å². The Bertz CT molecular complexity index is 581. The summed E-state index contributed by atoms with van der Waals surface area (Å²) < 4.78 is 15.7. The minimum absolute atomic E-state index is 0.332. The van der Waals surface area contributed by atoms with Crippen LogP contribution in [0.1, 0.15) is 17.3 Å². The van der Waals surface area contributed by atoms with E-state index in [2.05, 4.69) is 4.98 Å². The van der Waals surface area contributed by atoms with E-state index >= 15 is 0 Å². The minimum atomic E-state index is -0.399. The zero-order valence-electron chi connectivity index (χ0n) is 11.3. The van der Waals surface area contributed by atoms with E-state index in [1.807, 2.05) is 12.1 Å². The zero-order valence-corrected chi connectivity index (χ0v) is 11.3. The van der Waals surface area contributed by atoms with Gasteiger partial charge in [-0.2, -0.15) is 0 Å². The Morgan fingerprint density at radius 2 is 1.90 bits per heavy atom. The average molecular weight is 273 g/mol. The van der Waals surface area contributed by atoms with Gasteiger partial charge in [0.25, 0.3) is 0 Å². The lowest BCUT2D eigenvalue weighted by Gasteiger charge is -2.09. The number of aromatic nitrogens is 1. The Kier molecular flexibility index (Phi) is 4.55.